The van der Waals surface area contributed by atoms with E-state index < -0.39 is 0 Å². The number of halogens is 1. The topological polar surface area (TPSA) is 41.6 Å². The lowest BCUT2D eigenvalue weighted by atomic mass is 9.72. The molecule has 136 valence electrons. The Kier molecular flexibility index (Phi) is 5.02. The molecular formula is C19H25ClN2O2S. The first kappa shape index (κ1) is 18.5. The van der Waals surface area contributed by atoms with E-state index in [9.17, 15) is 4.79 Å². The Morgan fingerprint density at radius 1 is 1.28 bits per heavy atom. The van der Waals surface area contributed by atoms with E-state index in [0.29, 0.717) is 5.92 Å². The quantitative estimate of drug-likeness (QED) is 0.877. The van der Waals surface area contributed by atoms with Crippen LogP contribution < -0.4 is 10.1 Å². The highest BCUT2D eigenvalue weighted by atomic mass is 35.5. The molecule has 1 unspecified atom stereocenters. The molecule has 2 aromatic rings. The summed E-state index contributed by atoms with van der Waals surface area (Å²) >= 11 is 1.54. The molecule has 2 bridgehead atoms. The summed E-state index contributed by atoms with van der Waals surface area (Å²) in [5.41, 5.74) is 0.0384. The summed E-state index contributed by atoms with van der Waals surface area (Å²) in [7, 11) is 1.66. The summed E-state index contributed by atoms with van der Waals surface area (Å²) in [4.78, 5) is 16.2. The molecule has 5 rings (SSSR count). The fourth-order valence-electron chi connectivity index (χ4n) is 4.34. The number of carbonyl (C=O) groups is 1. The number of fused-ring (bicyclic) bond motifs is 4. The van der Waals surface area contributed by atoms with E-state index in [1.54, 1.807) is 7.11 Å². The summed E-state index contributed by atoms with van der Waals surface area (Å²) in [5, 5.41) is 4.44. The Bertz CT molecular complexity index is 781. The Labute approximate surface area is 158 Å². The van der Waals surface area contributed by atoms with Gasteiger partial charge in [-0.2, -0.15) is 0 Å². The molecule has 0 radical (unpaired) electrons. The molecule has 6 heteroatoms. The van der Waals surface area contributed by atoms with Gasteiger partial charge in [-0.15, -0.1) is 23.7 Å². The smallest absolute Gasteiger partial charge is 0.261 e. The molecule has 3 aliphatic heterocycles. The zero-order valence-electron chi connectivity index (χ0n) is 14.9. The maximum Gasteiger partial charge on any atom is 0.261 e. The van der Waals surface area contributed by atoms with Crippen molar-refractivity contribution in [2.45, 2.75) is 38.3 Å². The summed E-state index contributed by atoms with van der Waals surface area (Å²) in [6.07, 6.45) is 2.38. The number of carbonyl (C=O) groups excluding carboxylic acids is 1. The van der Waals surface area contributed by atoms with E-state index >= 15 is 0 Å². The molecule has 4 heterocycles. The number of rotatable bonds is 3. The molecular weight excluding hydrogens is 356 g/mol. The number of hydrogen-bond donors (Lipinski definition) is 1. The fraction of sp³-hybridized carbons (Fsp3) is 0.526. The average molecular weight is 381 g/mol. The highest BCUT2D eigenvalue weighted by Gasteiger charge is 2.48. The minimum atomic E-state index is 0. The van der Waals surface area contributed by atoms with Gasteiger partial charge in [-0.25, -0.2) is 0 Å². The third-order valence-corrected chi connectivity index (χ3v) is 6.92. The van der Waals surface area contributed by atoms with Crippen LogP contribution in [0, 0.1) is 5.92 Å². The molecule has 0 spiro atoms. The molecule has 1 amide bonds. The first-order chi connectivity index (χ1) is 11.5. The summed E-state index contributed by atoms with van der Waals surface area (Å²) < 4.78 is 6.37. The maximum atomic E-state index is 12.9. The number of thiophene rings is 1. The zero-order valence-corrected chi connectivity index (χ0v) is 16.5. The average Bonchev–Trinajstić information content (AvgIpc) is 3.01. The number of nitrogens with zero attached hydrogens (tertiary/aromatic N) is 1. The van der Waals surface area contributed by atoms with Crippen molar-refractivity contribution in [2.75, 3.05) is 20.2 Å². The van der Waals surface area contributed by atoms with Gasteiger partial charge in [0.1, 0.15) is 5.75 Å². The van der Waals surface area contributed by atoms with Gasteiger partial charge in [-0.05, 0) is 75.3 Å². The number of hydrogen-bond acceptors (Lipinski definition) is 4. The van der Waals surface area contributed by atoms with Gasteiger partial charge < -0.3 is 10.1 Å². The second kappa shape index (κ2) is 6.78. The van der Waals surface area contributed by atoms with Crippen LogP contribution >= 0.6 is 23.7 Å². The third-order valence-electron chi connectivity index (χ3n) is 5.82. The van der Waals surface area contributed by atoms with Crippen molar-refractivity contribution < 1.29 is 9.53 Å². The van der Waals surface area contributed by atoms with Crippen LogP contribution in [0.2, 0.25) is 0 Å². The van der Waals surface area contributed by atoms with Crippen molar-refractivity contribution in [3.05, 3.63) is 29.1 Å². The van der Waals surface area contributed by atoms with Crippen molar-refractivity contribution in [3.63, 3.8) is 0 Å². The Morgan fingerprint density at radius 3 is 2.64 bits per heavy atom. The van der Waals surface area contributed by atoms with Crippen molar-refractivity contribution in [1.29, 1.82) is 0 Å². The summed E-state index contributed by atoms with van der Waals surface area (Å²) in [6.45, 7) is 6.84. The van der Waals surface area contributed by atoms with Crippen molar-refractivity contribution in [1.82, 2.24) is 10.2 Å². The first-order valence-corrected chi connectivity index (χ1v) is 9.44. The van der Waals surface area contributed by atoms with Crippen LogP contribution in [-0.4, -0.2) is 42.6 Å². The molecule has 25 heavy (non-hydrogen) atoms. The minimum absolute atomic E-state index is 0. The van der Waals surface area contributed by atoms with Crippen LogP contribution in [0.3, 0.4) is 0 Å². The number of nitrogens with one attached hydrogen (secondary N) is 1. The number of amides is 1. The molecule has 0 aliphatic carbocycles. The van der Waals surface area contributed by atoms with Gasteiger partial charge in [0.05, 0.1) is 12.0 Å². The molecule has 3 fully saturated rings. The van der Waals surface area contributed by atoms with Crippen LogP contribution in [0.5, 0.6) is 5.75 Å². The van der Waals surface area contributed by atoms with Crippen molar-refractivity contribution in [3.8, 4) is 5.75 Å². The Hall–Kier alpha value is -1.30. The summed E-state index contributed by atoms with van der Waals surface area (Å²) in [6, 6.07) is 8.16. The predicted octanol–water partition coefficient (Wildman–Crippen LogP) is 3.93. The second-order valence-corrected chi connectivity index (χ2v) is 8.53. The maximum absolute atomic E-state index is 12.9. The van der Waals surface area contributed by atoms with E-state index in [4.69, 9.17) is 4.74 Å². The highest BCUT2D eigenvalue weighted by Crippen LogP contribution is 2.39. The van der Waals surface area contributed by atoms with Gasteiger partial charge in [0.15, 0.2) is 0 Å². The fourth-order valence-corrected chi connectivity index (χ4v) is 5.33. The molecule has 1 aromatic heterocycles. The van der Waals surface area contributed by atoms with E-state index in [2.05, 4.69) is 24.1 Å². The zero-order chi connectivity index (χ0) is 16.9. The van der Waals surface area contributed by atoms with E-state index in [1.807, 2.05) is 24.3 Å². The first-order valence-electron chi connectivity index (χ1n) is 8.62. The van der Waals surface area contributed by atoms with Gasteiger partial charge in [-0.3, -0.25) is 9.69 Å². The minimum Gasteiger partial charge on any atom is -0.497 e. The second-order valence-electron chi connectivity index (χ2n) is 7.44. The van der Waals surface area contributed by atoms with Gasteiger partial charge >= 0.3 is 0 Å². The molecule has 1 atom stereocenters. The van der Waals surface area contributed by atoms with E-state index in [0.717, 1.165) is 33.8 Å². The highest BCUT2D eigenvalue weighted by molar-refractivity contribution is 7.20. The van der Waals surface area contributed by atoms with Crippen LogP contribution in [0.25, 0.3) is 10.1 Å². The van der Waals surface area contributed by atoms with Gasteiger partial charge in [-0.1, -0.05) is 0 Å². The SMILES string of the molecule is COc1ccc2cc(C(=O)NC3C4CCN(CC4)C3(C)C)sc2c1.Cl. The monoisotopic (exact) mass is 380 g/mol. The standard InChI is InChI=1S/C19H24N2O2S.ClH/c1-19(2)17(12-6-8-21(19)9-7-12)20-18(22)16-10-13-4-5-14(23-3)11-15(13)24-16;/h4-5,10-12,17H,6-9H2,1-3H3,(H,20,22);1H. The van der Waals surface area contributed by atoms with Crippen LogP contribution in [0.1, 0.15) is 36.4 Å². The predicted molar refractivity (Wildman–Crippen MR) is 105 cm³/mol. The lowest BCUT2D eigenvalue weighted by Crippen LogP contribution is -2.69. The molecule has 3 aliphatic rings. The van der Waals surface area contributed by atoms with E-state index in [1.165, 1.54) is 24.2 Å². The van der Waals surface area contributed by atoms with Crippen molar-refractivity contribution >= 4 is 39.7 Å². The molecule has 3 saturated heterocycles. The van der Waals surface area contributed by atoms with Crippen LogP contribution in [0.4, 0.5) is 0 Å². The Balaban J connectivity index is 0.00000182. The molecule has 4 nitrogen and oxygen atoms in total. The molecule has 0 saturated carbocycles. The number of methoxy groups -OCH3 is 1. The van der Waals surface area contributed by atoms with Gasteiger partial charge in [0.25, 0.3) is 5.91 Å². The lowest BCUT2D eigenvalue weighted by Gasteiger charge is -2.56. The largest absolute Gasteiger partial charge is 0.497 e. The van der Waals surface area contributed by atoms with Gasteiger partial charge in [0.2, 0.25) is 0 Å². The number of ether oxygens (including phenoxy) is 1. The number of benzene rings is 1. The normalized spacial score (nSPS) is 26.9. The Morgan fingerprint density at radius 2 is 2.00 bits per heavy atom. The molecule has 1 aromatic carbocycles. The third kappa shape index (κ3) is 3.14. The molecule has 1 N–H and O–H groups in total. The van der Waals surface area contributed by atoms with Crippen LogP contribution in [0.15, 0.2) is 24.3 Å². The van der Waals surface area contributed by atoms with Crippen molar-refractivity contribution in [2.24, 2.45) is 5.92 Å². The summed E-state index contributed by atoms with van der Waals surface area (Å²) in [5.74, 6) is 1.49. The van der Waals surface area contributed by atoms with Gasteiger partial charge in [0, 0.05) is 16.3 Å². The van der Waals surface area contributed by atoms with E-state index in [-0.39, 0.29) is 29.9 Å². The number of piperidine rings is 3. The van der Waals surface area contributed by atoms with Crippen LogP contribution in [-0.2, 0) is 0 Å². The lowest BCUT2D eigenvalue weighted by molar-refractivity contribution is -0.0377.